The maximum Gasteiger partial charge on any atom is 0.320 e. The van der Waals surface area contributed by atoms with Gasteiger partial charge in [0, 0.05) is 4.90 Å². The number of carboxylic acids is 1. The molecule has 2 saturated carbocycles. The number of carboxylic acid groups (broad SMARTS) is 1. The molecule has 4 heteroatoms. The van der Waals surface area contributed by atoms with E-state index in [9.17, 15) is 9.90 Å². The second kappa shape index (κ2) is 5.27. The van der Waals surface area contributed by atoms with E-state index in [0.29, 0.717) is 10.4 Å². The smallest absolute Gasteiger partial charge is 0.320 e. The van der Waals surface area contributed by atoms with Crippen LogP contribution in [0.3, 0.4) is 0 Å². The molecule has 3 rings (SSSR count). The van der Waals surface area contributed by atoms with Gasteiger partial charge in [0.2, 0.25) is 0 Å². The molecule has 2 nitrogen and oxygen atoms in total. The molecule has 0 radical (unpaired) electrons. The van der Waals surface area contributed by atoms with Gasteiger partial charge in [-0.05, 0) is 43.2 Å². The van der Waals surface area contributed by atoms with Crippen molar-refractivity contribution in [1.82, 2.24) is 0 Å². The van der Waals surface area contributed by atoms with E-state index in [1.807, 2.05) is 24.3 Å². The van der Waals surface area contributed by atoms with E-state index < -0.39 is 10.7 Å². The van der Waals surface area contributed by atoms with Crippen molar-refractivity contribution in [2.75, 3.05) is 0 Å². The zero-order valence-electron chi connectivity index (χ0n) is 11.4. The predicted molar refractivity (Wildman–Crippen MR) is 82.4 cm³/mol. The number of thioether (sulfide) groups is 1. The van der Waals surface area contributed by atoms with Crippen molar-refractivity contribution in [3.8, 4) is 0 Å². The highest BCUT2D eigenvalue weighted by Gasteiger charge is 2.59. The summed E-state index contributed by atoms with van der Waals surface area (Å²) in [5, 5.41) is 10.3. The zero-order valence-corrected chi connectivity index (χ0v) is 13.0. The van der Waals surface area contributed by atoms with Crippen LogP contribution in [0.2, 0.25) is 5.02 Å². The second-order valence-electron chi connectivity index (χ2n) is 6.25. The van der Waals surface area contributed by atoms with E-state index >= 15 is 0 Å². The Morgan fingerprint density at radius 2 is 1.80 bits per heavy atom. The van der Waals surface area contributed by atoms with E-state index in [-0.39, 0.29) is 0 Å². The molecule has 2 aliphatic rings. The topological polar surface area (TPSA) is 37.3 Å². The first-order valence-electron chi connectivity index (χ1n) is 7.22. The van der Waals surface area contributed by atoms with Crippen LogP contribution >= 0.6 is 23.4 Å². The molecule has 1 aromatic rings. The SMILES string of the molecule is O=C(O)C1(Sc2ccccc2Cl)CC2(CCCCC2)C1. The van der Waals surface area contributed by atoms with E-state index in [1.54, 1.807) is 0 Å². The minimum atomic E-state index is -0.682. The second-order valence-corrected chi connectivity index (χ2v) is 8.08. The van der Waals surface area contributed by atoms with Crippen LogP contribution in [0.25, 0.3) is 0 Å². The van der Waals surface area contributed by atoms with Gasteiger partial charge >= 0.3 is 5.97 Å². The first-order chi connectivity index (χ1) is 9.55. The molecule has 1 spiro atoms. The summed E-state index contributed by atoms with van der Waals surface area (Å²) in [4.78, 5) is 12.7. The van der Waals surface area contributed by atoms with Crippen LogP contribution in [0.15, 0.2) is 29.2 Å². The van der Waals surface area contributed by atoms with Crippen molar-refractivity contribution in [2.45, 2.75) is 54.6 Å². The largest absolute Gasteiger partial charge is 0.480 e. The van der Waals surface area contributed by atoms with Gasteiger partial charge in [-0.2, -0.15) is 0 Å². The summed E-state index contributed by atoms with van der Waals surface area (Å²) < 4.78 is -0.664. The fourth-order valence-electron chi connectivity index (χ4n) is 3.82. The standard InChI is InChI=1S/C16H19ClO2S/c17-12-6-2-3-7-13(12)20-16(14(18)19)10-15(11-16)8-4-1-5-9-15/h2-3,6-7H,1,4-5,8-11H2,(H,18,19). The number of hydrogen-bond donors (Lipinski definition) is 1. The molecule has 0 amide bonds. The van der Waals surface area contributed by atoms with Gasteiger partial charge in [0.25, 0.3) is 0 Å². The summed E-state index contributed by atoms with van der Waals surface area (Å²) in [5.74, 6) is -0.682. The van der Waals surface area contributed by atoms with E-state index in [0.717, 1.165) is 17.7 Å². The molecule has 1 N–H and O–H groups in total. The number of carbonyl (C=O) groups is 1. The Morgan fingerprint density at radius 3 is 2.40 bits per heavy atom. The third-order valence-corrected chi connectivity index (χ3v) is 6.64. The van der Waals surface area contributed by atoms with Crippen molar-refractivity contribution in [1.29, 1.82) is 0 Å². The average molecular weight is 311 g/mol. The summed E-state index contributed by atoms with van der Waals surface area (Å²) in [7, 11) is 0. The zero-order chi connectivity index (χ0) is 14.2. The van der Waals surface area contributed by atoms with Crippen LogP contribution in [0, 0.1) is 5.41 Å². The predicted octanol–water partition coefficient (Wildman–Crippen LogP) is 5.00. The molecule has 20 heavy (non-hydrogen) atoms. The highest BCUT2D eigenvalue weighted by molar-refractivity contribution is 8.01. The van der Waals surface area contributed by atoms with Crippen molar-refractivity contribution in [3.63, 3.8) is 0 Å². The van der Waals surface area contributed by atoms with Gasteiger partial charge in [0.1, 0.15) is 4.75 Å². The van der Waals surface area contributed by atoms with Crippen LogP contribution < -0.4 is 0 Å². The number of benzene rings is 1. The van der Waals surface area contributed by atoms with E-state index in [4.69, 9.17) is 11.6 Å². The number of hydrogen-bond acceptors (Lipinski definition) is 2. The van der Waals surface area contributed by atoms with Gasteiger partial charge in [-0.3, -0.25) is 4.79 Å². The molecular formula is C16H19ClO2S. The third-order valence-electron chi connectivity index (χ3n) is 4.77. The Morgan fingerprint density at radius 1 is 1.15 bits per heavy atom. The lowest BCUT2D eigenvalue weighted by Crippen LogP contribution is -2.55. The Balaban J connectivity index is 1.78. The molecule has 2 aliphatic carbocycles. The summed E-state index contributed by atoms with van der Waals surface area (Å²) in [6.07, 6.45) is 7.81. The van der Waals surface area contributed by atoms with Crippen LogP contribution in [0.1, 0.15) is 44.9 Å². The van der Waals surface area contributed by atoms with E-state index in [2.05, 4.69) is 0 Å². The molecule has 108 valence electrons. The molecule has 0 heterocycles. The van der Waals surface area contributed by atoms with Crippen molar-refractivity contribution in [2.24, 2.45) is 5.41 Å². The first kappa shape index (κ1) is 14.3. The lowest BCUT2D eigenvalue weighted by Gasteiger charge is -2.55. The molecular weight excluding hydrogens is 292 g/mol. The lowest BCUT2D eigenvalue weighted by molar-refractivity contribution is -0.147. The monoisotopic (exact) mass is 310 g/mol. The normalized spacial score (nSPS) is 23.2. The summed E-state index contributed by atoms with van der Waals surface area (Å²) in [6, 6.07) is 7.54. The maximum absolute atomic E-state index is 11.8. The minimum Gasteiger partial charge on any atom is -0.480 e. The van der Waals surface area contributed by atoms with Gasteiger partial charge in [0.15, 0.2) is 0 Å². The van der Waals surface area contributed by atoms with Crippen LogP contribution in [0.5, 0.6) is 0 Å². The Hall–Kier alpha value is -0.670. The molecule has 0 saturated heterocycles. The fraction of sp³-hybridized carbons (Fsp3) is 0.562. The number of rotatable bonds is 3. The van der Waals surface area contributed by atoms with Crippen molar-refractivity contribution >= 4 is 29.3 Å². The lowest BCUT2D eigenvalue weighted by atomic mass is 9.55. The van der Waals surface area contributed by atoms with Crippen molar-refractivity contribution in [3.05, 3.63) is 29.3 Å². The van der Waals surface area contributed by atoms with E-state index in [1.165, 1.54) is 43.9 Å². The molecule has 1 aromatic carbocycles. The van der Waals surface area contributed by atoms with Crippen molar-refractivity contribution < 1.29 is 9.90 Å². The number of aliphatic carboxylic acids is 1. The maximum atomic E-state index is 11.8. The van der Waals surface area contributed by atoms with Gasteiger partial charge in [0.05, 0.1) is 5.02 Å². The summed E-state index contributed by atoms with van der Waals surface area (Å²) >= 11 is 7.63. The third kappa shape index (κ3) is 2.46. The molecule has 2 fully saturated rings. The molecule has 0 unspecified atom stereocenters. The first-order valence-corrected chi connectivity index (χ1v) is 8.42. The molecule has 0 bridgehead atoms. The Labute approximate surface area is 128 Å². The molecule has 0 atom stereocenters. The quantitative estimate of drug-likeness (QED) is 0.853. The molecule has 0 aromatic heterocycles. The van der Waals surface area contributed by atoms with Gasteiger partial charge < -0.3 is 5.11 Å². The van der Waals surface area contributed by atoms with Crippen LogP contribution in [-0.4, -0.2) is 15.8 Å². The fourth-order valence-corrected chi connectivity index (χ4v) is 5.65. The average Bonchev–Trinajstić information content (AvgIpc) is 2.40. The highest BCUT2D eigenvalue weighted by Crippen LogP contribution is 2.63. The minimum absolute atomic E-state index is 0.297. The molecule has 0 aliphatic heterocycles. The summed E-state index contributed by atoms with van der Waals surface area (Å²) in [6.45, 7) is 0. The van der Waals surface area contributed by atoms with Gasteiger partial charge in [-0.25, -0.2) is 0 Å². The van der Waals surface area contributed by atoms with Gasteiger partial charge in [-0.1, -0.05) is 43.0 Å². The number of halogens is 1. The Bertz CT molecular complexity index is 515. The Kier molecular flexibility index (Phi) is 3.76. The van der Waals surface area contributed by atoms with Gasteiger partial charge in [-0.15, -0.1) is 11.8 Å². The summed E-state index contributed by atoms with van der Waals surface area (Å²) in [5.41, 5.74) is 0.297. The highest BCUT2D eigenvalue weighted by atomic mass is 35.5. The van der Waals surface area contributed by atoms with Crippen LogP contribution in [-0.2, 0) is 4.79 Å². The van der Waals surface area contributed by atoms with Crippen LogP contribution in [0.4, 0.5) is 0 Å².